The van der Waals surface area contributed by atoms with Gasteiger partial charge in [0.2, 0.25) is 0 Å². The molecule has 0 saturated carbocycles. The van der Waals surface area contributed by atoms with E-state index in [-0.39, 0.29) is 17.1 Å². The first kappa shape index (κ1) is 13.6. The van der Waals surface area contributed by atoms with Gasteiger partial charge in [-0.2, -0.15) is 8.42 Å². The fraction of sp³-hybridized carbons (Fsp3) is 0.200. The van der Waals surface area contributed by atoms with Crippen LogP contribution in [0.5, 0.6) is 0 Å². The molecule has 0 aromatic carbocycles. The van der Waals surface area contributed by atoms with Crippen molar-refractivity contribution >= 4 is 33.0 Å². The molecule has 0 aliphatic carbocycles. The lowest BCUT2D eigenvalue weighted by Gasteiger charge is -2.06. The fourth-order valence-electron chi connectivity index (χ4n) is 1.44. The molecule has 0 aliphatic heterocycles. The number of sulfonamides is 1. The molecule has 0 amide bonds. The van der Waals surface area contributed by atoms with Crippen LogP contribution in [0.25, 0.3) is 0 Å². The highest BCUT2D eigenvalue weighted by Gasteiger charge is 2.19. The van der Waals surface area contributed by atoms with Crippen LogP contribution < -0.4 is 4.72 Å². The first-order valence-corrected chi connectivity index (χ1v) is 7.57. The minimum absolute atomic E-state index is 0.0579. The normalized spacial score (nSPS) is 11.4. The molecule has 0 fully saturated rings. The molecule has 2 aromatic heterocycles. The monoisotopic (exact) mass is 301 g/mol. The number of hydrogen-bond donors (Lipinski definition) is 3. The van der Waals surface area contributed by atoms with E-state index in [0.29, 0.717) is 10.7 Å². The van der Waals surface area contributed by atoms with Crippen molar-refractivity contribution in [1.29, 1.82) is 0 Å². The van der Waals surface area contributed by atoms with E-state index in [9.17, 15) is 13.2 Å². The lowest BCUT2D eigenvalue weighted by molar-refractivity contribution is -0.136. The van der Waals surface area contributed by atoms with E-state index in [0.717, 1.165) is 0 Å². The number of anilines is 1. The third-order valence-electron chi connectivity index (χ3n) is 2.27. The van der Waals surface area contributed by atoms with Gasteiger partial charge in [0, 0.05) is 4.88 Å². The van der Waals surface area contributed by atoms with Crippen LogP contribution in [0.4, 0.5) is 5.69 Å². The van der Waals surface area contributed by atoms with Gasteiger partial charge in [0.15, 0.2) is 5.03 Å². The van der Waals surface area contributed by atoms with Crippen molar-refractivity contribution < 1.29 is 18.3 Å². The van der Waals surface area contributed by atoms with Crippen molar-refractivity contribution in [2.45, 2.75) is 18.4 Å². The predicted molar refractivity (Wildman–Crippen MR) is 69.8 cm³/mol. The SMILES string of the molecule is Cc1ncc(S(=O)(=O)Nc2ccsc2CC(=O)O)[nH]1. The third-order valence-corrected chi connectivity index (χ3v) is 4.47. The molecule has 102 valence electrons. The Kier molecular flexibility index (Phi) is 3.58. The molecule has 19 heavy (non-hydrogen) atoms. The van der Waals surface area contributed by atoms with Gasteiger partial charge in [-0.05, 0) is 18.4 Å². The number of aromatic amines is 1. The molecule has 2 aromatic rings. The molecule has 0 aliphatic rings. The number of hydrogen-bond acceptors (Lipinski definition) is 5. The van der Waals surface area contributed by atoms with Gasteiger partial charge in [-0.25, -0.2) is 4.98 Å². The summed E-state index contributed by atoms with van der Waals surface area (Å²) in [5.41, 5.74) is 0.277. The van der Waals surface area contributed by atoms with Crippen LogP contribution in [0.15, 0.2) is 22.7 Å². The molecule has 7 nitrogen and oxygen atoms in total. The van der Waals surface area contributed by atoms with Crippen molar-refractivity contribution in [2.24, 2.45) is 0 Å². The molecule has 0 atom stereocenters. The minimum Gasteiger partial charge on any atom is -0.481 e. The van der Waals surface area contributed by atoms with E-state index in [4.69, 9.17) is 5.11 Å². The summed E-state index contributed by atoms with van der Waals surface area (Å²) >= 11 is 1.19. The number of rotatable bonds is 5. The number of aryl methyl sites for hydroxylation is 1. The summed E-state index contributed by atoms with van der Waals surface area (Å²) in [5.74, 6) is -0.531. The van der Waals surface area contributed by atoms with Crippen LogP contribution in [-0.4, -0.2) is 29.5 Å². The Morgan fingerprint density at radius 3 is 2.89 bits per heavy atom. The summed E-state index contributed by atoms with van der Waals surface area (Å²) < 4.78 is 26.4. The second-order valence-corrected chi connectivity index (χ2v) is 6.42. The molecule has 2 heterocycles. The van der Waals surface area contributed by atoms with Crippen LogP contribution in [0.3, 0.4) is 0 Å². The topological polar surface area (TPSA) is 112 Å². The van der Waals surface area contributed by atoms with Crippen molar-refractivity contribution in [3.63, 3.8) is 0 Å². The van der Waals surface area contributed by atoms with Crippen molar-refractivity contribution in [3.8, 4) is 0 Å². The van der Waals surface area contributed by atoms with Gasteiger partial charge in [0.1, 0.15) is 5.82 Å². The second kappa shape index (κ2) is 5.02. The van der Waals surface area contributed by atoms with Crippen molar-refractivity contribution in [1.82, 2.24) is 9.97 Å². The summed E-state index contributed by atoms with van der Waals surface area (Å²) in [6, 6.07) is 1.53. The number of aromatic nitrogens is 2. The summed E-state index contributed by atoms with van der Waals surface area (Å²) in [6.45, 7) is 1.64. The Labute approximate surface area is 113 Å². The summed E-state index contributed by atoms with van der Waals surface area (Å²) in [7, 11) is -3.78. The lowest BCUT2D eigenvalue weighted by Crippen LogP contribution is -2.14. The van der Waals surface area contributed by atoms with Crippen LogP contribution in [0, 0.1) is 6.92 Å². The van der Waals surface area contributed by atoms with Crippen LogP contribution in [-0.2, 0) is 21.2 Å². The van der Waals surface area contributed by atoms with E-state index in [1.807, 2.05) is 0 Å². The molecule has 0 spiro atoms. The maximum absolute atomic E-state index is 12.0. The predicted octanol–water partition coefficient (Wildman–Crippen LogP) is 1.21. The van der Waals surface area contributed by atoms with Gasteiger partial charge in [-0.15, -0.1) is 11.3 Å². The molecule has 0 bridgehead atoms. The molecule has 2 rings (SSSR count). The maximum Gasteiger partial charge on any atom is 0.308 e. The number of aliphatic carboxylic acids is 1. The Hall–Kier alpha value is -1.87. The Bertz CT molecular complexity index is 702. The Morgan fingerprint density at radius 2 is 2.32 bits per heavy atom. The van der Waals surface area contributed by atoms with E-state index in [1.54, 1.807) is 12.3 Å². The largest absolute Gasteiger partial charge is 0.481 e. The van der Waals surface area contributed by atoms with E-state index in [1.165, 1.54) is 23.6 Å². The van der Waals surface area contributed by atoms with Gasteiger partial charge in [-0.1, -0.05) is 0 Å². The third kappa shape index (κ3) is 3.12. The van der Waals surface area contributed by atoms with Crippen LogP contribution in [0.2, 0.25) is 0 Å². The summed E-state index contributed by atoms with van der Waals surface area (Å²) in [5, 5.41) is 10.3. The second-order valence-electron chi connectivity index (χ2n) is 3.77. The highest BCUT2D eigenvalue weighted by molar-refractivity contribution is 7.92. The van der Waals surface area contributed by atoms with E-state index < -0.39 is 16.0 Å². The molecular formula is C10H11N3O4S2. The zero-order chi connectivity index (χ0) is 14.0. The smallest absolute Gasteiger partial charge is 0.308 e. The van der Waals surface area contributed by atoms with Gasteiger partial charge >= 0.3 is 5.97 Å². The number of carbonyl (C=O) groups is 1. The number of nitrogens with zero attached hydrogens (tertiary/aromatic N) is 1. The number of thiophene rings is 1. The first-order chi connectivity index (χ1) is 8.88. The van der Waals surface area contributed by atoms with Gasteiger partial charge in [0.05, 0.1) is 18.3 Å². The van der Waals surface area contributed by atoms with Gasteiger partial charge in [-0.3, -0.25) is 9.52 Å². The number of imidazole rings is 1. The molecule has 9 heteroatoms. The maximum atomic E-state index is 12.0. The quantitative estimate of drug-likeness (QED) is 0.768. The average molecular weight is 301 g/mol. The Morgan fingerprint density at radius 1 is 1.58 bits per heavy atom. The number of carboxylic acids is 1. The van der Waals surface area contributed by atoms with Crippen molar-refractivity contribution in [2.75, 3.05) is 4.72 Å². The number of H-pyrrole nitrogens is 1. The lowest BCUT2D eigenvalue weighted by atomic mass is 10.3. The number of nitrogens with one attached hydrogen (secondary N) is 2. The minimum atomic E-state index is -3.78. The Balaban J connectivity index is 2.26. The standard InChI is InChI=1S/C10H11N3O4S2/c1-6-11-5-9(12-6)19(16,17)13-7-2-3-18-8(7)4-10(14)15/h2-3,5,13H,4H2,1H3,(H,11,12)(H,14,15). The average Bonchev–Trinajstić information content (AvgIpc) is 2.88. The zero-order valence-electron chi connectivity index (χ0n) is 9.87. The summed E-state index contributed by atoms with van der Waals surface area (Å²) in [4.78, 5) is 17.6. The zero-order valence-corrected chi connectivity index (χ0v) is 11.5. The van der Waals surface area contributed by atoms with Gasteiger partial charge in [0.25, 0.3) is 10.0 Å². The fourth-order valence-corrected chi connectivity index (χ4v) is 3.39. The highest BCUT2D eigenvalue weighted by atomic mass is 32.2. The number of carboxylic acid groups (broad SMARTS) is 1. The molecule has 0 radical (unpaired) electrons. The van der Waals surface area contributed by atoms with E-state index >= 15 is 0 Å². The molecule has 3 N–H and O–H groups in total. The molecular weight excluding hydrogens is 290 g/mol. The van der Waals surface area contributed by atoms with Gasteiger partial charge < -0.3 is 10.1 Å². The highest BCUT2D eigenvalue weighted by Crippen LogP contribution is 2.25. The van der Waals surface area contributed by atoms with Crippen LogP contribution in [0.1, 0.15) is 10.7 Å². The van der Waals surface area contributed by atoms with Crippen LogP contribution >= 0.6 is 11.3 Å². The summed E-state index contributed by atoms with van der Waals surface area (Å²) in [6.07, 6.45) is 0.985. The molecule has 0 saturated heterocycles. The molecule has 0 unspecified atom stereocenters. The first-order valence-electron chi connectivity index (χ1n) is 5.21. The van der Waals surface area contributed by atoms with E-state index in [2.05, 4.69) is 14.7 Å². The van der Waals surface area contributed by atoms with Crippen molar-refractivity contribution in [3.05, 3.63) is 28.3 Å².